The lowest BCUT2D eigenvalue weighted by atomic mass is 9.80. The van der Waals surface area contributed by atoms with E-state index in [1.807, 2.05) is 5.38 Å². The molecule has 0 spiro atoms. The molecule has 0 radical (unpaired) electrons. The van der Waals surface area contributed by atoms with Crippen LogP contribution in [0.1, 0.15) is 78.8 Å². The predicted molar refractivity (Wildman–Crippen MR) is 123 cm³/mol. The first kappa shape index (κ1) is 24.2. The molecular formula is C24H32N2O5S. The zero-order valence-corrected chi connectivity index (χ0v) is 19.9. The highest BCUT2D eigenvalue weighted by atomic mass is 32.1. The molecule has 2 aromatic rings. The fourth-order valence-electron chi connectivity index (χ4n) is 4.64. The number of ether oxygens (including phenoxy) is 1. The number of hydrogen-bond acceptors (Lipinski definition) is 7. The number of rotatable bonds is 10. The molecule has 174 valence electrons. The van der Waals surface area contributed by atoms with Crippen molar-refractivity contribution in [3.05, 3.63) is 34.2 Å². The smallest absolute Gasteiger partial charge is 0.341 e. The van der Waals surface area contributed by atoms with Crippen LogP contribution in [0.15, 0.2) is 16.0 Å². The van der Waals surface area contributed by atoms with Gasteiger partial charge in [0, 0.05) is 35.9 Å². The Morgan fingerprint density at radius 2 is 1.97 bits per heavy atom. The summed E-state index contributed by atoms with van der Waals surface area (Å²) in [7, 11) is 1.33. The van der Waals surface area contributed by atoms with E-state index >= 15 is 0 Å². The number of carbonyl (C=O) groups excluding carboxylic acids is 3. The summed E-state index contributed by atoms with van der Waals surface area (Å²) in [5.41, 5.74) is 1.11. The van der Waals surface area contributed by atoms with Crippen LogP contribution in [0, 0.1) is 25.7 Å². The van der Waals surface area contributed by atoms with Crippen molar-refractivity contribution in [2.45, 2.75) is 71.6 Å². The molecule has 2 heterocycles. The molecular weight excluding hydrogens is 428 g/mol. The maximum absolute atomic E-state index is 13.0. The summed E-state index contributed by atoms with van der Waals surface area (Å²) in [5.74, 6) is 0.638. The van der Waals surface area contributed by atoms with E-state index in [-0.39, 0.29) is 30.4 Å². The molecule has 1 N–H and O–H groups in total. The van der Waals surface area contributed by atoms with Gasteiger partial charge in [0.25, 0.3) is 0 Å². The van der Waals surface area contributed by atoms with Crippen molar-refractivity contribution in [2.75, 3.05) is 12.4 Å². The number of hydrogen-bond donors (Lipinski definition) is 1. The summed E-state index contributed by atoms with van der Waals surface area (Å²) in [4.78, 5) is 42.1. The largest absolute Gasteiger partial charge is 0.465 e. The fraction of sp³-hybridized carbons (Fsp3) is 0.583. The van der Waals surface area contributed by atoms with Gasteiger partial charge in [-0.2, -0.15) is 0 Å². The second-order valence-corrected chi connectivity index (χ2v) is 9.46. The van der Waals surface area contributed by atoms with E-state index in [0.29, 0.717) is 40.1 Å². The van der Waals surface area contributed by atoms with Crippen molar-refractivity contribution in [3.63, 3.8) is 0 Å². The van der Waals surface area contributed by atoms with Crippen molar-refractivity contribution in [3.8, 4) is 0 Å². The van der Waals surface area contributed by atoms with Gasteiger partial charge in [-0.25, -0.2) is 9.78 Å². The highest BCUT2D eigenvalue weighted by Crippen LogP contribution is 2.31. The number of amides is 1. The maximum atomic E-state index is 13.0. The minimum Gasteiger partial charge on any atom is -0.465 e. The molecule has 8 heteroatoms. The van der Waals surface area contributed by atoms with E-state index in [9.17, 15) is 14.4 Å². The highest BCUT2D eigenvalue weighted by Gasteiger charge is 2.28. The van der Waals surface area contributed by atoms with Gasteiger partial charge in [0.05, 0.1) is 7.11 Å². The first-order valence-electron chi connectivity index (χ1n) is 11.3. The van der Waals surface area contributed by atoms with E-state index in [2.05, 4.69) is 10.3 Å². The summed E-state index contributed by atoms with van der Waals surface area (Å²) in [6.45, 7) is 3.50. The lowest BCUT2D eigenvalue weighted by molar-refractivity contribution is -0.126. The van der Waals surface area contributed by atoms with Crippen LogP contribution in [0.5, 0.6) is 0 Å². The Balaban J connectivity index is 1.65. The Morgan fingerprint density at radius 3 is 2.62 bits per heavy atom. The second kappa shape index (κ2) is 11.4. The summed E-state index contributed by atoms with van der Waals surface area (Å²) in [6.07, 6.45) is 9.05. The Morgan fingerprint density at radius 1 is 1.22 bits per heavy atom. The van der Waals surface area contributed by atoms with Crippen LogP contribution in [0.3, 0.4) is 0 Å². The van der Waals surface area contributed by atoms with Crippen LogP contribution in [-0.4, -0.2) is 29.8 Å². The van der Waals surface area contributed by atoms with Gasteiger partial charge in [-0.1, -0.05) is 32.1 Å². The number of esters is 1. The number of Topliss-reactive ketones (excluding diaryl/α,β-unsaturated/α-hetero) is 1. The van der Waals surface area contributed by atoms with Crippen LogP contribution in [0.4, 0.5) is 5.13 Å². The van der Waals surface area contributed by atoms with Gasteiger partial charge in [-0.3, -0.25) is 9.59 Å². The summed E-state index contributed by atoms with van der Waals surface area (Å²) < 4.78 is 10.5. The van der Waals surface area contributed by atoms with Crippen LogP contribution < -0.4 is 5.32 Å². The summed E-state index contributed by atoms with van der Waals surface area (Å²) in [6, 6.07) is 0. The molecule has 2 aromatic heterocycles. The molecule has 1 atom stereocenters. The molecule has 0 aromatic carbocycles. The zero-order valence-electron chi connectivity index (χ0n) is 19.1. The van der Waals surface area contributed by atoms with Crippen LogP contribution in [-0.2, 0) is 20.7 Å². The lowest BCUT2D eigenvalue weighted by Crippen LogP contribution is -2.28. The molecule has 0 saturated heterocycles. The monoisotopic (exact) mass is 460 g/mol. The quantitative estimate of drug-likeness (QED) is 0.486. The first-order chi connectivity index (χ1) is 15.4. The van der Waals surface area contributed by atoms with Gasteiger partial charge in [0.2, 0.25) is 5.91 Å². The predicted octanol–water partition coefficient (Wildman–Crippen LogP) is 5.26. The summed E-state index contributed by atoms with van der Waals surface area (Å²) >= 11 is 1.37. The Hall–Kier alpha value is -2.48. The molecule has 1 aliphatic rings. The van der Waals surface area contributed by atoms with Crippen LogP contribution in [0.2, 0.25) is 0 Å². The number of ketones is 1. The first-order valence-corrected chi connectivity index (χ1v) is 12.2. The molecule has 32 heavy (non-hydrogen) atoms. The van der Waals surface area contributed by atoms with Gasteiger partial charge in [0.1, 0.15) is 22.9 Å². The molecule has 0 unspecified atom stereocenters. The molecule has 0 bridgehead atoms. The van der Waals surface area contributed by atoms with Gasteiger partial charge in [-0.05, 0) is 32.6 Å². The normalized spacial score (nSPS) is 15.3. The Labute approximate surface area is 192 Å². The SMILES string of the molecule is COC(=O)c1c(C)oc(C)c1CCC(=O)C[C@@H](CC1CCCCC1)C(=O)Nc1nccs1. The van der Waals surface area contributed by atoms with Gasteiger partial charge in [0.15, 0.2) is 5.13 Å². The van der Waals surface area contributed by atoms with Crippen molar-refractivity contribution < 1.29 is 23.5 Å². The Kier molecular flexibility index (Phi) is 8.61. The average Bonchev–Trinajstić information content (AvgIpc) is 3.38. The number of furan rings is 1. The number of thiazole rings is 1. The van der Waals surface area contributed by atoms with Gasteiger partial charge in [-0.15, -0.1) is 11.3 Å². The molecule has 1 aliphatic carbocycles. The number of anilines is 1. The third-order valence-electron chi connectivity index (χ3n) is 6.28. The highest BCUT2D eigenvalue weighted by molar-refractivity contribution is 7.13. The van der Waals surface area contributed by atoms with Gasteiger partial charge >= 0.3 is 5.97 Å². The van der Waals surface area contributed by atoms with Crippen LogP contribution in [0.25, 0.3) is 0 Å². The van der Waals surface area contributed by atoms with E-state index < -0.39 is 5.97 Å². The third-order valence-corrected chi connectivity index (χ3v) is 6.97. The number of nitrogens with one attached hydrogen (secondary N) is 1. The number of aromatic nitrogens is 1. The lowest BCUT2D eigenvalue weighted by Gasteiger charge is -2.25. The average molecular weight is 461 g/mol. The molecule has 1 amide bonds. The van der Waals surface area contributed by atoms with Crippen molar-refractivity contribution in [1.82, 2.24) is 4.98 Å². The van der Waals surface area contributed by atoms with Crippen LogP contribution >= 0.6 is 11.3 Å². The maximum Gasteiger partial charge on any atom is 0.341 e. The fourth-order valence-corrected chi connectivity index (χ4v) is 5.17. The van der Waals surface area contributed by atoms with Crippen molar-refractivity contribution >= 4 is 34.1 Å². The third kappa shape index (κ3) is 6.28. The molecule has 1 fully saturated rings. The topological polar surface area (TPSA) is 98.5 Å². The molecule has 3 rings (SSSR count). The number of nitrogens with zero attached hydrogens (tertiary/aromatic N) is 1. The number of aryl methyl sites for hydroxylation is 2. The zero-order chi connectivity index (χ0) is 23.1. The Bertz CT molecular complexity index is 929. The number of carbonyl (C=O) groups is 3. The van der Waals surface area contributed by atoms with E-state index in [1.165, 1.54) is 37.7 Å². The van der Waals surface area contributed by atoms with Crippen molar-refractivity contribution in [1.29, 1.82) is 0 Å². The second-order valence-electron chi connectivity index (χ2n) is 8.57. The molecule has 1 saturated carbocycles. The summed E-state index contributed by atoms with van der Waals surface area (Å²) in [5, 5.41) is 5.24. The minimum atomic E-state index is -0.459. The van der Waals surface area contributed by atoms with E-state index in [4.69, 9.17) is 9.15 Å². The molecule has 0 aliphatic heterocycles. The number of methoxy groups -OCH3 is 1. The van der Waals surface area contributed by atoms with Gasteiger partial charge < -0.3 is 14.5 Å². The standard InChI is InChI=1S/C24H32N2O5S/c1-15-20(21(16(2)31-15)23(29)30-3)10-9-19(27)14-18(13-17-7-5-4-6-8-17)22(28)26-24-25-11-12-32-24/h11-12,17-18H,4-10,13-14H2,1-3H3,(H,25,26,28)/t18-/m1/s1. The van der Waals surface area contributed by atoms with E-state index in [1.54, 1.807) is 20.0 Å². The molecule has 7 nitrogen and oxygen atoms in total. The van der Waals surface area contributed by atoms with E-state index in [0.717, 1.165) is 19.3 Å². The minimum absolute atomic E-state index is 0.00849. The van der Waals surface area contributed by atoms with Crippen molar-refractivity contribution in [2.24, 2.45) is 11.8 Å².